The number of anilines is 2. The molecule has 0 aliphatic carbocycles. The highest BCUT2D eigenvalue weighted by atomic mass is 16.2. The summed E-state index contributed by atoms with van der Waals surface area (Å²) in [5.41, 5.74) is 5.00. The van der Waals surface area contributed by atoms with Crippen LogP contribution in [-0.4, -0.2) is 18.4 Å². The van der Waals surface area contributed by atoms with Crippen LogP contribution in [0.1, 0.15) is 23.6 Å². The molecule has 0 saturated heterocycles. The lowest BCUT2D eigenvalue weighted by Gasteiger charge is -2.15. The van der Waals surface area contributed by atoms with Gasteiger partial charge in [0, 0.05) is 24.8 Å². The molecule has 0 unspecified atom stereocenters. The standard InChI is InChI=1S/C19H20N2O2/c1-13-5-3-4-6-15(13)12-19(23)20-17-7-8-18-16(11-17)9-10-21(18)14(2)22/h3-8,11H,9-10,12H2,1-2H3,(H,20,23). The Balaban J connectivity index is 1.71. The van der Waals surface area contributed by atoms with Crippen molar-refractivity contribution in [2.24, 2.45) is 0 Å². The van der Waals surface area contributed by atoms with Crippen molar-refractivity contribution in [3.05, 3.63) is 59.2 Å². The number of carbonyl (C=O) groups excluding carboxylic acids is 2. The third-order valence-corrected chi connectivity index (χ3v) is 4.25. The molecule has 1 aliphatic rings. The van der Waals surface area contributed by atoms with Gasteiger partial charge in [-0.15, -0.1) is 0 Å². The largest absolute Gasteiger partial charge is 0.326 e. The zero-order chi connectivity index (χ0) is 16.4. The topological polar surface area (TPSA) is 49.4 Å². The smallest absolute Gasteiger partial charge is 0.228 e. The molecule has 118 valence electrons. The molecule has 0 bridgehead atoms. The van der Waals surface area contributed by atoms with E-state index in [2.05, 4.69) is 5.32 Å². The number of nitrogens with zero attached hydrogens (tertiary/aromatic N) is 1. The molecule has 4 nitrogen and oxygen atoms in total. The number of benzene rings is 2. The number of nitrogens with one attached hydrogen (secondary N) is 1. The van der Waals surface area contributed by atoms with E-state index in [-0.39, 0.29) is 11.8 Å². The second-order valence-corrected chi connectivity index (χ2v) is 5.92. The van der Waals surface area contributed by atoms with E-state index in [9.17, 15) is 9.59 Å². The predicted molar refractivity (Wildman–Crippen MR) is 91.7 cm³/mol. The maximum atomic E-state index is 12.2. The van der Waals surface area contributed by atoms with Crippen LogP contribution in [0.25, 0.3) is 0 Å². The molecule has 1 aliphatic heterocycles. The first-order valence-corrected chi connectivity index (χ1v) is 7.80. The van der Waals surface area contributed by atoms with Gasteiger partial charge in [0.2, 0.25) is 11.8 Å². The Morgan fingerprint density at radius 2 is 1.96 bits per heavy atom. The molecule has 2 amide bonds. The Kier molecular flexibility index (Phi) is 4.15. The van der Waals surface area contributed by atoms with Crippen LogP contribution in [0.3, 0.4) is 0 Å². The Morgan fingerprint density at radius 3 is 2.70 bits per heavy atom. The molecule has 3 rings (SSSR count). The van der Waals surface area contributed by atoms with Crippen molar-refractivity contribution >= 4 is 23.2 Å². The Hall–Kier alpha value is -2.62. The fraction of sp³-hybridized carbons (Fsp3) is 0.263. The fourth-order valence-corrected chi connectivity index (χ4v) is 2.99. The van der Waals surface area contributed by atoms with E-state index < -0.39 is 0 Å². The third-order valence-electron chi connectivity index (χ3n) is 4.25. The van der Waals surface area contributed by atoms with Crippen LogP contribution in [0.15, 0.2) is 42.5 Å². The molecule has 2 aromatic carbocycles. The summed E-state index contributed by atoms with van der Waals surface area (Å²) < 4.78 is 0. The molecular formula is C19H20N2O2. The highest BCUT2D eigenvalue weighted by Crippen LogP contribution is 2.30. The van der Waals surface area contributed by atoms with Crippen molar-refractivity contribution in [1.29, 1.82) is 0 Å². The molecule has 1 heterocycles. The molecule has 4 heteroatoms. The first-order valence-electron chi connectivity index (χ1n) is 7.80. The van der Waals surface area contributed by atoms with Gasteiger partial charge >= 0.3 is 0 Å². The summed E-state index contributed by atoms with van der Waals surface area (Å²) in [7, 11) is 0. The van der Waals surface area contributed by atoms with Gasteiger partial charge in [0.25, 0.3) is 0 Å². The summed E-state index contributed by atoms with van der Waals surface area (Å²) in [6.07, 6.45) is 1.19. The quantitative estimate of drug-likeness (QED) is 0.947. The molecular weight excluding hydrogens is 288 g/mol. The van der Waals surface area contributed by atoms with E-state index in [0.29, 0.717) is 13.0 Å². The Labute approximate surface area is 136 Å². The average Bonchev–Trinajstić information content (AvgIpc) is 2.93. The lowest BCUT2D eigenvalue weighted by Crippen LogP contribution is -2.25. The van der Waals surface area contributed by atoms with Crippen molar-refractivity contribution in [2.45, 2.75) is 26.7 Å². The SMILES string of the molecule is CC(=O)N1CCc2cc(NC(=O)Cc3ccccc3C)ccc21. The van der Waals surface area contributed by atoms with Crippen molar-refractivity contribution in [3.63, 3.8) is 0 Å². The summed E-state index contributed by atoms with van der Waals surface area (Å²) in [5, 5.41) is 2.95. The van der Waals surface area contributed by atoms with Crippen LogP contribution in [0, 0.1) is 6.92 Å². The molecule has 0 saturated carbocycles. The van der Waals surface area contributed by atoms with Crippen LogP contribution in [-0.2, 0) is 22.4 Å². The highest BCUT2D eigenvalue weighted by Gasteiger charge is 2.22. The maximum Gasteiger partial charge on any atom is 0.228 e. The number of rotatable bonds is 3. The molecule has 0 atom stereocenters. The van der Waals surface area contributed by atoms with Crippen LogP contribution >= 0.6 is 0 Å². The Bertz CT molecular complexity index is 768. The van der Waals surface area contributed by atoms with Crippen molar-refractivity contribution in [3.8, 4) is 0 Å². The van der Waals surface area contributed by atoms with Crippen molar-refractivity contribution < 1.29 is 9.59 Å². The van der Waals surface area contributed by atoms with E-state index in [1.807, 2.05) is 49.4 Å². The minimum absolute atomic E-state index is 0.0272. The van der Waals surface area contributed by atoms with Gasteiger partial charge in [-0.3, -0.25) is 9.59 Å². The summed E-state index contributed by atoms with van der Waals surface area (Å²) in [4.78, 5) is 25.6. The lowest BCUT2D eigenvalue weighted by molar-refractivity contribution is -0.117. The third kappa shape index (κ3) is 3.26. The molecule has 0 aromatic heterocycles. The molecule has 2 aromatic rings. The Morgan fingerprint density at radius 1 is 1.17 bits per heavy atom. The van der Waals surface area contributed by atoms with Crippen molar-refractivity contribution in [1.82, 2.24) is 0 Å². The van der Waals surface area contributed by atoms with Gasteiger partial charge in [-0.25, -0.2) is 0 Å². The zero-order valence-corrected chi connectivity index (χ0v) is 13.4. The van der Waals surface area contributed by atoms with Crippen LogP contribution in [0.5, 0.6) is 0 Å². The number of fused-ring (bicyclic) bond motifs is 1. The maximum absolute atomic E-state index is 12.2. The fourth-order valence-electron chi connectivity index (χ4n) is 2.99. The summed E-state index contributed by atoms with van der Waals surface area (Å²) in [6, 6.07) is 13.6. The lowest BCUT2D eigenvalue weighted by atomic mass is 10.1. The number of hydrogen-bond donors (Lipinski definition) is 1. The summed E-state index contributed by atoms with van der Waals surface area (Å²) >= 11 is 0. The first-order chi connectivity index (χ1) is 11.0. The minimum atomic E-state index is -0.0272. The second-order valence-electron chi connectivity index (χ2n) is 5.92. The van der Waals surface area contributed by atoms with Crippen LogP contribution in [0.2, 0.25) is 0 Å². The molecule has 0 radical (unpaired) electrons. The number of carbonyl (C=O) groups is 2. The second kappa shape index (κ2) is 6.24. The van der Waals surface area contributed by atoms with Gasteiger partial charge < -0.3 is 10.2 Å². The molecule has 0 fully saturated rings. The molecule has 0 spiro atoms. The summed E-state index contributed by atoms with van der Waals surface area (Å²) in [6.45, 7) is 4.30. The summed E-state index contributed by atoms with van der Waals surface area (Å²) in [5.74, 6) is 0.0285. The monoisotopic (exact) mass is 308 g/mol. The van der Waals surface area contributed by atoms with E-state index in [4.69, 9.17) is 0 Å². The number of aryl methyl sites for hydroxylation is 1. The van der Waals surface area contributed by atoms with Gasteiger partial charge in [0.05, 0.1) is 6.42 Å². The number of amides is 2. The van der Waals surface area contributed by atoms with E-state index in [1.165, 1.54) is 0 Å². The normalized spacial score (nSPS) is 12.9. The molecule has 23 heavy (non-hydrogen) atoms. The van der Waals surface area contributed by atoms with E-state index >= 15 is 0 Å². The zero-order valence-electron chi connectivity index (χ0n) is 13.4. The van der Waals surface area contributed by atoms with Crippen LogP contribution in [0.4, 0.5) is 11.4 Å². The van der Waals surface area contributed by atoms with Gasteiger partial charge in [-0.05, 0) is 48.2 Å². The minimum Gasteiger partial charge on any atom is -0.326 e. The average molecular weight is 308 g/mol. The van der Waals surface area contributed by atoms with Gasteiger partial charge in [-0.1, -0.05) is 24.3 Å². The van der Waals surface area contributed by atoms with Gasteiger partial charge in [-0.2, -0.15) is 0 Å². The van der Waals surface area contributed by atoms with E-state index in [1.54, 1.807) is 11.8 Å². The highest BCUT2D eigenvalue weighted by molar-refractivity contribution is 5.96. The van der Waals surface area contributed by atoms with Crippen LogP contribution < -0.4 is 10.2 Å². The molecule has 1 N–H and O–H groups in total. The first kappa shape index (κ1) is 15.3. The van der Waals surface area contributed by atoms with E-state index in [0.717, 1.165) is 34.5 Å². The van der Waals surface area contributed by atoms with Crippen molar-refractivity contribution in [2.75, 3.05) is 16.8 Å². The van der Waals surface area contributed by atoms with Gasteiger partial charge in [0.15, 0.2) is 0 Å². The predicted octanol–water partition coefficient (Wildman–Crippen LogP) is 3.09. The van der Waals surface area contributed by atoms with Gasteiger partial charge in [0.1, 0.15) is 0 Å². The number of hydrogen-bond acceptors (Lipinski definition) is 2.